The van der Waals surface area contributed by atoms with Gasteiger partial charge in [-0.25, -0.2) is 0 Å². The van der Waals surface area contributed by atoms with Crippen LogP contribution in [0.1, 0.15) is 25.3 Å². The fraction of sp³-hybridized carbons (Fsp3) is 0.667. The first-order chi connectivity index (χ1) is 11.5. The molecule has 1 aromatic carbocycles. The van der Waals surface area contributed by atoms with Crippen molar-refractivity contribution in [2.75, 3.05) is 50.7 Å². The molecule has 1 atom stereocenters. The maximum atomic E-state index is 12.9. The van der Waals surface area contributed by atoms with Gasteiger partial charge in [0.2, 0.25) is 0 Å². The van der Waals surface area contributed by atoms with Gasteiger partial charge < -0.3 is 9.80 Å². The summed E-state index contributed by atoms with van der Waals surface area (Å²) >= 11 is 0. The summed E-state index contributed by atoms with van der Waals surface area (Å²) in [6.07, 6.45) is -1.80. The molecule has 0 spiro atoms. The highest BCUT2D eigenvalue weighted by molar-refractivity contribution is 5.49. The first-order valence-electron chi connectivity index (χ1n) is 8.86. The van der Waals surface area contributed by atoms with Gasteiger partial charge in [-0.15, -0.1) is 0 Å². The number of hydrogen-bond donors (Lipinski definition) is 0. The van der Waals surface area contributed by atoms with E-state index in [1.54, 1.807) is 6.07 Å². The van der Waals surface area contributed by atoms with Crippen molar-refractivity contribution in [2.45, 2.75) is 32.0 Å². The summed E-state index contributed by atoms with van der Waals surface area (Å²) < 4.78 is 38.6. The molecular weight excluding hydrogens is 315 g/mol. The highest BCUT2D eigenvalue weighted by Gasteiger charge is 2.32. The van der Waals surface area contributed by atoms with Crippen LogP contribution in [0, 0.1) is 0 Å². The quantitative estimate of drug-likeness (QED) is 0.835. The van der Waals surface area contributed by atoms with Gasteiger partial charge in [-0.05, 0) is 44.1 Å². The van der Waals surface area contributed by atoms with Crippen molar-refractivity contribution in [3.05, 3.63) is 29.8 Å². The fourth-order valence-corrected chi connectivity index (χ4v) is 3.84. The number of piperazine rings is 1. The van der Waals surface area contributed by atoms with E-state index in [0.29, 0.717) is 11.7 Å². The second-order valence-corrected chi connectivity index (χ2v) is 6.76. The Balaban J connectivity index is 1.59. The number of halogens is 3. The molecule has 0 saturated carbocycles. The Morgan fingerprint density at radius 1 is 1.08 bits per heavy atom. The summed E-state index contributed by atoms with van der Waals surface area (Å²) in [5, 5.41) is 0. The summed E-state index contributed by atoms with van der Waals surface area (Å²) in [5.74, 6) is 0. The minimum Gasteiger partial charge on any atom is -0.369 e. The molecule has 134 valence electrons. The van der Waals surface area contributed by atoms with Gasteiger partial charge >= 0.3 is 6.18 Å². The van der Waals surface area contributed by atoms with Gasteiger partial charge in [0.05, 0.1) is 5.56 Å². The van der Waals surface area contributed by atoms with Crippen LogP contribution in [-0.4, -0.2) is 61.7 Å². The lowest BCUT2D eigenvalue weighted by Gasteiger charge is -2.43. The van der Waals surface area contributed by atoms with Crippen molar-refractivity contribution >= 4 is 5.69 Å². The molecule has 0 bridgehead atoms. The van der Waals surface area contributed by atoms with Gasteiger partial charge in [0, 0.05) is 44.5 Å². The Morgan fingerprint density at radius 3 is 2.50 bits per heavy atom. The van der Waals surface area contributed by atoms with E-state index in [-0.39, 0.29) is 0 Å². The fourth-order valence-electron chi connectivity index (χ4n) is 3.84. The van der Waals surface area contributed by atoms with Crippen molar-refractivity contribution in [2.24, 2.45) is 0 Å². The molecule has 0 amide bonds. The number of likely N-dealkylation sites (tertiary alicyclic amines) is 1. The van der Waals surface area contributed by atoms with Crippen LogP contribution in [0.3, 0.4) is 0 Å². The van der Waals surface area contributed by atoms with Gasteiger partial charge in [0.25, 0.3) is 0 Å². The third kappa shape index (κ3) is 4.03. The summed E-state index contributed by atoms with van der Waals surface area (Å²) in [5.41, 5.74) is 0.122. The standard InChI is InChI=1S/C18H26F3N3/c1-2-22-8-4-7-17(14-22)24-11-9-23(10-12-24)16-6-3-5-15(13-16)18(19,20)21/h3,5-6,13,17H,2,4,7-12,14H2,1H3/t17-/m0/s1. The van der Waals surface area contributed by atoms with Crippen molar-refractivity contribution in [3.8, 4) is 0 Å². The van der Waals surface area contributed by atoms with Gasteiger partial charge in [-0.3, -0.25) is 4.90 Å². The zero-order valence-electron chi connectivity index (χ0n) is 14.2. The normalized spacial score (nSPS) is 24.3. The molecule has 2 aliphatic rings. The number of rotatable bonds is 3. The molecule has 0 aromatic heterocycles. The molecular formula is C18H26F3N3. The van der Waals surface area contributed by atoms with Crippen molar-refractivity contribution in [3.63, 3.8) is 0 Å². The molecule has 0 N–H and O–H groups in total. The molecule has 2 aliphatic heterocycles. The maximum Gasteiger partial charge on any atom is 0.416 e. The molecule has 0 aliphatic carbocycles. The number of likely N-dealkylation sites (N-methyl/N-ethyl adjacent to an activating group) is 1. The Bertz CT molecular complexity index is 539. The van der Waals surface area contributed by atoms with E-state index in [4.69, 9.17) is 0 Å². The molecule has 6 heteroatoms. The van der Waals surface area contributed by atoms with Crippen LogP contribution in [0.5, 0.6) is 0 Å². The molecule has 24 heavy (non-hydrogen) atoms. The van der Waals surface area contributed by atoms with Crippen LogP contribution in [0.2, 0.25) is 0 Å². The van der Waals surface area contributed by atoms with Gasteiger partial charge in [-0.2, -0.15) is 13.2 Å². The summed E-state index contributed by atoms with van der Waals surface area (Å²) in [6, 6.07) is 6.30. The molecule has 2 heterocycles. The van der Waals surface area contributed by atoms with Crippen LogP contribution in [0.15, 0.2) is 24.3 Å². The van der Waals surface area contributed by atoms with Crippen molar-refractivity contribution in [1.29, 1.82) is 0 Å². The summed E-state index contributed by atoms with van der Waals surface area (Å²) in [4.78, 5) is 7.09. The average molecular weight is 341 g/mol. The molecule has 0 unspecified atom stereocenters. The minimum absolute atomic E-state index is 0.562. The monoisotopic (exact) mass is 341 g/mol. The number of alkyl halides is 3. The zero-order valence-corrected chi connectivity index (χ0v) is 14.2. The Morgan fingerprint density at radius 2 is 1.83 bits per heavy atom. The van der Waals surface area contributed by atoms with Gasteiger partial charge in [0.1, 0.15) is 0 Å². The SMILES string of the molecule is CCN1CCC[C@H](N2CCN(c3cccc(C(F)(F)F)c3)CC2)C1. The third-order valence-electron chi connectivity index (χ3n) is 5.30. The Hall–Kier alpha value is -1.27. The van der Waals surface area contributed by atoms with E-state index in [1.165, 1.54) is 31.5 Å². The smallest absolute Gasteiger partial charge is 0.369 e. The van der Waals surface area contributed by atoms with Crippen LogP contribution in [-0.2, 0) is 6.18 Å². The van der Waals surface area contributed by atoms with Crippen molar-refractivity contribution in [1.82, 2.24) is 9.80 Å². The summed E-state index contributed by atoms with van der Waals surface area (Å²) in [6.45, 7) is 9.07. The average Bonchev–Trinajstić information content (AvgIpc) is 2.61. The lowest BCUT2D eigenvalue weighted by molar-refractivity contribution is -0.137. The molecule has 0 radical (unpaired) electrons. The molecule has 3 nitrogen and oxygen atoms in total. The minimum atomic E-state index is -4.27. The third-order valence-corrected chi connectivity index (χ3v) is 5.30. The van der Waals surface area contributed by atoms with E-state index in [2.05, 4.69) is 21.6 Å². The van der Waals surface area contributed by atoms with Gasteiger partial charge in [0.15, 0.2) is 0 Å². The van der Waals surface area contributed by atoms with Crippen LogP contribution in [0.25, 0.3) is 0 Å². The lowest BCUT2D eigenvalue weighted by atomic mass is 10.0. The highest BCUT2D eigenvalue weighted by atomic mass is 19.4. The first-order valence-corrected chi connectivity index (χ1v) is 8.86. The molecule has 3 rings (SSSR count). The lowest BCUT2D eigenvalue weighted by Crippen LogP contribution is -2.55. The van der Waals surface area contributed by atoms with E-state index < -0.39 is 11.7 Å². The van der Waals surface area contributed by atoms with E-state index in [1.807, 2.05) is 0 Å². The zero-order chi connectivity index (χ0) is 17.2. The number of benzene rings is 1. The summed E-state index contributed by atoms with van der Waals surface area (Å²) in [7, 11) is 0. The van der Waals surface area contributed by atoms with E-state index >= 15 is 0 Å². The number of piperidine rings is 1. The van der Waals surface area contributed by atoms with E-state index in [9.17, 15) is 13.2 Å². The topological polar surface area (TPSA) is 9.72 Å². The highest BCUT2D eigenvalue weighted by Crippen LogP contribution is 2.32. The Kier molecular flexibility index (Phi) is 5.35. The van der Waals surface area contributed by atoms with Crippen LogP contribution < -0.4 is 4.90 Å². The first kappa shape index (κ1) is 17.5. The second-order valence-electron chi connectivity index (χ2n) is 6.76. The van der Waals surface area contributed by atoms with Crippen LogP contribution >= 0.6 is 0 Å². The van der Waals surface area contributed by atoms with E-state index in [0.717, 1.165) is 45.3 Å². The Labute approximate surface area is 142 Å². The number of anilines is 1. The second kappa shape index (κ2) is 7.31. The maximum absolute atomic E-state index is 12.9. The number of hydrogen-bond acceptors (Lipinski definition) is 3. The van der Waals surface area contributed by atoms with Gasteiger partial charge in [-0.1, -0.05) is 13.0 Å². The molecule has 2 fully saturated rings. The molecule has 2 saturated heterocycles. The largest absolute Gasteiger partial charge is 0.416 e. The predicted octanol–water partition coefficient (Wildman–Crippen LogP) is 3.31. The van der Waals surface area contributed by atoms with Crippen LogP contribution in [0.4, 0.5) is 18.9 Å². The molecule has 1 aromatic rings. The number of nitrogens with zero attached hydrogens (tertiary/aromatic N) is 3. The predicted molar refractivity (Wildman–Crippen MR) is 90.4 cm³/mol. The van der Waals surface area contributed by atoms with Crippen molar-refractivity contribution < 1.29 is 13.2 Å².